The van der Waals surface area contributed by atoms with Crippen molar-refractivity contribution < 1.29 is 14.1 Å². The maximum absolute atomic E-state index is 12.0. The minimum Gasteiger partial charge on any atom is -0.497 e. The van der Waals surface area contributed by atoms with Crippen LogP contribution in [0.1, 0.15) is 43.2 Å². The Labute approximate surface area is 275 Å². The van der Waals surface area contributed by atoms with E-state index in [2.05, 4.69) is 84.9 Å². The van der Waals surface area contributed by atoms with Crippen LogP contribution in [0, 0.1) is 10.1 Å². The number of quaternary nitrogens is 1. The van der Waals surface area contributed by atoms with E-state index in [0.717, 1.165) is 52.9 Å². The Kier molecular flexibility index (Phi) is 7.49. The minimum absolute atomic E-state index is 0.126. The summed E-state index contributed by atoms with van der Waals surface area (Å²) in [4.78, 5) is 11.7. The van der Waals surface area contributed by atoms with Crippen LogP contribution in [0.4, 0.5) is 5.69 Å². The summed E-state index contributed by atoms with van der Waals surface area (Å²) in [5.41, 5.74) is 9.90. The van der Waals surface area contributed by atoms with Gasteiger partial charge in [0.25, 0.3) is 5.69 Å². The number of hydrogen-bond acceptors (Lipinski definition) is 3. The largest absolute Gasteiger partial charge is 0.497 e. The van der Waals surface area contributed by atoms with Crippen LogP contribution in [0.2, 0.25) is 0 Å². The third kappa shape index (κ3) is 5.25. The molecule has 234 valence electrons. The maximum atomic E-state index is 12.0. The van der Waals surface area contributed by atoms with E-state index in [4.69, 9.17) is 4.74 Å². The van der Waals surface area contributed by atoms with Gasteiger partial charge < -0.3 is 9.22 Å². The summed E-state index contributed by atoms with van der Waals surface area (Å²) < 4.78 is 6.54. The van der Waals surface area contributed by atoms with Gasteiger partial charge in [0.05, 0.1) is 25.1 Å². The first-order valence-corrected chi connectivity index (χ1v) is 16.9. The predicted octanol–water partition coefficient (Wildman–Crippen LogP) is 10.7. The molecule has 1 saturated heterocycles. The van der Waals surface area contributed by atoms with Crippen LogP contribution in [0.3, 0.4) is 0 Å². The van der Waals surface area contributed by atoms with Gasteiger partial charge in [-0.1, -0.05) is 79.2 Å². The third-order valence-electron chi connectivity index (χ3n) is 10.6. The first kappa shape index (κ1) is 29.4. The first-order chi connectivity index (χ1) is 23.0. The number of rotatable bonds is 4. The van der Waals surface area contributed by atoms with Gasteiger partial charge in [0.15, 0.2) is 0 Å². The molecule has 6 aromatic rings. The number of hydrogen-bond donors (Lipinski definition) is 0. The van der Waals surface area contributed by atoms with Gasteiger partial charge in [-0.25, -0.2) is 0 Å². The highest BCUT2D eigenvalue weighted by Crippen LogP contribution is 2.50. The van der Waals surface area contributed by atoms with Gasteiger partial charge in [0, 0.05) is 34.4 Å². The van der Waals surface area contributed by atoms with Gasteiger partial charge in [-0.05, 0) is 93.7 Å². The molecular weight excluding hydrogens is 580 g/mol. The van der Waals surface area contributed by atoms with Gasteiger partial charge >= 0.3 is 0 Å². The molecule has 8 rings (SSSR count). The molecule has 5 heteroatoms. The van der Waals surface area contributed by atoms with Crippen molar-refractivity contribution in [1.82, 2.24) is 0 Å². The van der Waals surface area contributed by atoms with Crippen molar-refractivity contribution in [2.24, 2.45) is 0 Å². The van der Waals surface area contributed by atoms with Crippen LogP contribution in [-0.2, 0) is 13.1 Å². The lowest BCUT2D eigenvalue weighted by molar-refractivity contribution is -0.954. The zero-order valence-electron chi connectivity index (χ0n) is 26.9. The molecule has 0 radical (unpaired) electrons. The van der Waals surface area contributed by atoms with Crippen molar-refractivity contribution in [3.63, 3.8) is 0 Å². The predicted molar refractivity (Wildman–Crippen MR) is 191 cm³/mol. The Morgan fingerprint density at radius 2 is 1.17 bits per heavy atom. The number of fused-ring (bicyclic) bond motifs is 7. The van der Waals surface area contributed by atoms with E-state index in [1.807, 2.05) is 12.1 Å². The second-order valence-corrected chi connectivity index (χ2v) is 13.4. The Hall–Kier alpha value is -5.00. The molecule has 5 nitrogen and oxygen atoms in total. The van der Waals surface area contributed by atoms with Gasteiger partial charge in [0.1, 0.15) is 18.8 Å². The van der Waals surface area contributed by atoms with Gasteiger partial charge in [-0.3, -0.25) is 10.1 Å². The molecule has 0 bridgehead atoms. The summed E-state index contributed by atoms with van der Waals surface area (Å²) in [7, 11) is 1.72. The van der Waals surface area contributed by atoms with Crippen LogP contribution in [-0.4, -0.2) is 29.6 Å². The molecular formula is C42H39N2O3+. The zero-order valence-corrected chi connectivity index (χ0v) is 26.9. The summed E-state index contributed by atoms with van der Waals surface area (Å²) in [6.07, 6.45) is 6.24. The quantitative estimate of drug-likeness (QED) is 0.112. The summed E-state index contributed by atoms with van der Waals surface area (Å²) in [5.74, 6) is 0.853. The molecule has 0 aliphatic carbocycles. The summed E-state index contributed by atoms with van der Waals surface area (Å²) in [5, 5.41) is 16.8. The highest BCUT2D eigenvalue weighted by molar-refractivity contribution is 6.12. The molecule has 2 aliphatic rings. The second kappa shape index (κ2) is 12.0. The minimum atomic E-state index is -0.278. The van der Waals surface area contributed by atoms with Crippen LogP contribution in [0.15, 0.2) is 109 Å². The molecule has 2 heterocycles. The Morgan fingerprint density at radius 1 is 0.617 bits per heavy atom. The Bertz CT molecular complexity index is 2140. The van der Waals surface area contributed by atoms with Crippen LogP contribution < -0.4 is 4.74 Å². The third-order valence-corrected chi connectivity index (χ3v) is 10.6. The van der Waals surface area contributed by atoms with Crippen LogP contribution in [0.5, 0.6) is 5.75 Å². The van der Waals surface area contributed by atoms with Crippen molar-refractivity contribution in [3.8, 4) is 39.1 Å². The molecule has 0 unspecified atom stereocenters. The molecule has 0 atom stereocenters. The van der Waals surface area contributed by atoms with Crippen molar-refractivity contribution in [2.45, 2.75) is 45.2 Å². The molecule has 0 amide bonds. The first-order valence-electron chi connectivity index (χ1n) is 16.9. The Morgan fingerprint density at radius 3 is 1.74 bits per heavy atom. The fourth-order valence-corrected chi connectivity index (χ4v) is 8.33. The van der Waals surface area contributed by atoms with Crippen molar-refractivity contribution in [1.29, 1.82) is 0 Å². The molecule has 6 aromatic carbocycles. The molecule has 1 fully saturated rings. The SMILES string of the molecule is COc1ccc(-c2cc3ccccc3c3c2C[N+]2(CCCCCCC2)Cc2c(-c4cccc([N+](=O)[O-])c4)cc4ccccc4c2-3)cc1. The molecule has 0 aromatic heterocycles. The molecule has 2 aliphatic heterocycles. The molecule has 0 saturated carbocycles. The van der Waals surface area contributed by atoms with E-state index in [1.165, 1.54) is 81.6 Å². The smallest absolute Gasteiger partial charge is 0.270 e. The fraction of sp³-hybridized carbons (Fsp3) is 0.238. The lowest BCUT2D eigenvalue weighted by Crippen LogP contribution is -2.48. The van der Waals surface area contributed by atoms with Crippen molar-refractivity contribution in [3.05, 3.63) is 130 Å². The van der Waals surface area contributed by atoms with E-state index < -0.39 is 0 Å². The molecule has 47 heavy (non-hydrogen) atoms. The number of nitro benzene ring substituents is 1. The average Bonchev–Trinajstić information content (AvgIpc) is 3.25. The van der Waals surface area contributed by atoms with Gasteiger partial charge in [-0.2, -0.15) is 0 Å². The van der Waals surface area contributed by atoms with E-state index in [9.17, 15) is 10.1 Å². The van der Waals surface area contributed by atoms with E-state index in [1.54, 1.807) is 19.2 Å². The number of ether oxygens (including phenoxy) is 1. The standard InChI is InChI=1S/C42H39N2O3/c1-47-34-20-18-29(19-21-34)37-25-31-12-5-7-16-35(31)41-39(37)27-44(22-9-3-2-4-10-23-44)28-40-38(30-14-11-15-33(24-30)43(45)46)26-32-13-6-8-17-36(32)42(40)41/h5-8,11-21,24-26H,2-4,9-10,22-23,27-28H2,1H3/q+1. The van der Waals surface area contributed by atoms with Gasteiger partial charge in [0.2, 0.25) is 0 Å². The monoisotopic (exact) mass is 619 g/mol. The molecule has 0 N–H and O–H groups in total. The van der Waals surface area contributed by atoms with Crippen molar-refractivity contribution in [2.75, 3.05) is 20.2 Å². The lowest BCUT2D eigenvalue weighted by Gasteiger charge is -2.40. The summed E-state index contributed by atoms with van der Waals surface area (Å²) in [6.45, 7) is 4.08. The molecule has 1 spiro atoms. The highest BCUT2D eigenvalue weighted by atomic mass is 16.6. The number of nitrogens with zero attached hydrogens (tertiary/aromatic N) is 2. The number of methoxy groups -OCH3 is 1. The lowest BCUT2D eigenvalue weighted by atomic mass is 9.82. The summed E-state index contributed by atoms with van der Waals surface area (Å²) >= 11 is 0. The van der Waals surface area contributed by atoms with E-state index in [-0.39, 0.29) is 10.6 Å². The normalized spacial score (nSPS) is 15.8. The number of non-ortho nitro benzene ring substituents is 1. The number of nitro groups is 1. The average molecular weight is 620 g/mol. The van der Waals surface area contributed by atoms with Crippen LogP contribution >= 0.6 is 0 Å². The Balaban J connectivity index is 1.53. The van der Waals surface area contributed by atoms with Gasteiger partial charge in [-0.15, -0.1) is 0 Å². The second-order valence-electron chi connectivity index (χ2n) is 13.4. The van der Waals surface area contributed by atoms with Crippen LogP contribution in [0.25, 0.3) is 54.9 Å². The zero-order chi connectivity index (χ0) is 32.0. The van der Waals surface area contributed by atoms with E-state index >= 15 is 0 Å². The topological polar surface area (TPSA) is 52.4 Å². The fourth-order valence-electron chi connectivity index (χ4n) is 8.33. The van der Waals surface area contributed by atoms with E-state index in [0.29, 0.717) is 0 Å². The summed E-state index contributed by atoms with van der Waals surface area (Å²) in [6, 6.07) is 38.0. The maximum Gasteiger partial charge on any atom is 0.270 e. The number of benzene rings is 6. The van der Waals surface area contributed by atoms with Crippen molar-refractivity contribution >= 4 is 27.2 Å². The highest BCUT2D eigenvalue weighted by Gasteiger charge is 2.38.